The Labute approximate surface area is 108 Å². The van der Waals surface area contributed by atoms with Gasteiger partial charge in [0.15, 0.2) is 0 Å². The zero-order valence-electron chi connectivity index (χ0n) is 11.5. The summed E-state index contributed by atoms with van der Waals surface area (Å²) < 4.78 is 0.312. The molecule has 0 aromatic heterocycles. The SMILES string of the molecule is C1CCCCC1.CC1CCC(C)(S)C(C)C1. The molecule has 0 saturated heterocycles. The van der Waals surface area contributed by atoms with Gasteiger partial charge in [0.1, 0.15) is 0 Å². The molecule has 0 bridgehead atoms. The Balaban J connectivity index is 0.000000181. The maximum Gasteiger partial charge on any atom is 0.0127 e. The lowest BCUT2D eigenvalue weighted by Crippen LogP contribution is -2.32. The lowest BCUT2D eigenvalue weighted by molar-refractivity contribution is 0.250. The van der Waals surface area contributed by atoms with Crippen LogP contribution in [0.4, 0.5) is 0 Å². The first-order chi connectivity index (χ1) is 7.52. The maximum absolute atomic E-state index is 4.65. The minimum absolute atomic E-state index is 0.312. The van der Waals surface area contributed by atoms with E-state index in [9.17, 15) is 0 Å². The summed E-state index contributed by atoms with van der Waals surface area (Å²) in [5.74, 6) is 1.72. The molecule has 0 aromatic carbocycles. The minimum atomic E-state index is 0.312. The summed E-state index contributed by atoms with van der Waals surface area (Å²) in [4.78, 5) is 0. The van der Waals surface area contributed by atoms with Gasteiger partial charge in [-0.05, 0) is 31.1 Å². The lowest BCUT2D eigenvalue weighted by Gasteiger charge is -2.38. The molecule has 0 nitrogen and oxygen atoms in total. The molecule has 2 aliphatic carbocycles. The van der Waals surface area contributed by atoms with Crippen LogP contribution >= 0.6 is 12.6 Å². The highest BCUT2D eigenvalue weighted by atomic mass is 32.1. The van der Waals surface area contributed by atoms with E-state index in [0.29, 0.717) is 4.75 Å². The third-order valence-electron chi connectivity index (χ3n) is 4.46. The number of hydrogen-bond acceptors (Lipinski definition) is 1. The normalized spacial score (nSPS) is 39.8. The summed E-state index contributed by atoms with van der Waals surface area (Å²) in [6.45, 7) is 6.94. The quantitative estimate of drug-likeness (QED) is 0.535. The molecule has 96 valence electrons. The van der Waals surface area contributed by atoms with Crippen molar-refractivity contribution in [2.75, 3.05) is 0 Å². The zero-order valence-corrected chi connectivity index (χ0v) is 12.4. The number of thiol groups is 1. The average molecular weight is 242 g/mol. The molecule has 0 aromatic rings. The van der Waals surface area contributed by atoms with E-state index in [1.54, 1.807) is 0 Å². The number of hydrogen-bond donors (Lipinski definition) is 1. The summed E-state index contributed by atoms with van der Waals surface area (Å²) in [5, 5.41) is 0. The van der Waals surface area contributed by atoms with Crippen LogP contribution in [-0.4, -0.2) is 4.75 Å². The lowest BCUT2D eigenvalue weighted by atomic mass is 9.76. The molecule has 2 fully saturated rings. The van der Waals surface area contributed by atoms with Crippen LogP contribution in [-0.2, 0) is 0 Å². The minimum Gasteiger partial charge on any atom is -0.173 e. The van der Waals surface area contributed by atoms with E-state index in [2.05, 4.69) is 33.4 Å². The molecule has 3 unspecified atom stereocenters. The second kappa shape index (κ2) is 6.93. The Kier molecular flexibility index (Phi) is 6.25. The molecule has 2 saturated carbocycles. The van der Waals surface area contributed by atoms with Gasteiger partial charge in [0.25, 0.3) is 0 Å². The highest BCUT2D eigenvalue weighted by molar-refractivity contribution is 7.81. The van der Waals surface area contributed by atoms with Gasteiger partial charge in [0, 0.05) is 4.75 Å². The van der Waals surface area contributed by atoms with Crippen LogP contribution in [0.3, 0.4) is 0 Å². The Hall–Kier alpha value is 0.350. The topological polar surface area (TPSA) is 0 Å². The summed E-state index contributed by atoms with van der Waals surface area (Å²) in [5.41, 5.74) is 0. The van der Waals surface area contributed by atoms with E-state index in [1.165, 1.54) is 57.8 Å². The van der Waals surface area contributed by atoms with Crippen molar-refractivity contribution >= 4 is 12.6 Å². The first kappa shape index (κ1) is 14.4. The molecule has 3 atom stereocenters. The second-order valence-corrected chi connectivity index (χ2v) is 7.28. The predicted octanol–water partition coefficient (Wildman–Crippen LogP) is 5.47. The van der Waals surface area contributed by atoms with Crippen molar-refractivity contribution in [3.8, 4) is 0 Å². The van der Waals surface area contributed by atoms with Gasteiger partial charge >= 0.3 is 0 Å². The molecule has 0 radical (unpaired) electrons. The van der Waals surface area contributed by atoms with Crippen molar-refractivity contribution in [2.24, 2.45) is 11.8 Å². The molecule has 0 aliphatic heterocycles. The van der Waals surface area contributed by atoms with Gasteiger partial charge in [0.2, 0.25) is 0 Å². The smallest absolute Gasteiger partial charge is 0.0127 e. The van der Waals surface area contributed by atoms with Crippen molar-refractivity contribution in [3.05, 3.63) is 0 Å². The molecule has 2 rings (SSSR count). The van der Waals surface area contributed by atoms with Crippen LogP contribution in [0.2, 0.25) is 0 Å². The second-order valence-electron chi connectivity index (χ2n) is 6.26. The van der Waals surface area contributed by atoms with Gasteiger partial charge in [-0.3, -0.25) is 0 Å². The summed E-state index contributed by atoms with van der Waals surface area (Å²) in [6, 6.07) is 0. The maximum atomic E-state index is 4.65. The molecule has 1 heteroatoms. The van der Waals surface area contributed by atoms with Crippen molar-refractivity contribution in [3.63, 3.8) is 0 Å². The van der Waals surface area contributed by atoms with Gasteiger partial charge in [-0.2, -0.15) is 12.6 Å². The van der Waals surface area contributed by atoms with Gasteiger partial charge in [-0.15, -0.1) is 0 Å². The Morgan fingerprint density at radius 1 is 0.938 bits per heavy atom. The van der Waals surface area contributed by atoms with Crippen molar-refractivity contribution in [1.82, 2.24) is 0 Å². The predicted molar refractivity (Wildman–Crippen MR) is 77.3 cm³/mol. The summed E-state index contributed by atoms with van der Waals surface area (Å²) in [6.07, 6.45) is 13.0. The Morgan fingerprint density at radius 2 is 1.38 bits per heavy atom. The van der Waals surface area contributed by atoms with E-state index < -0.39 is 0 Å². The average Bonchev–Trinajstić information content (AvgIpc) is 2.28. The monoisotopic (exact) mass is 242 g/mol. The van der Waals surface area contributed by atoms with Gasteiger partial charge < -0.3 is 0 Å². The van der Waals surface area contributed by atoms with Gasteiger partial charge in [-0.25, -0.2) is 0 Å². The summed E-state index contributed by atoms with van der Waals surface area (Å²) >= 11 is 4.65. The van der Waals surface area contributed by atoms with Crippen molar-refractivity contribution in [1.29, 1.82) is 0 Å². The van der Waals surface area contributed by atoms with Crippen LogP contribution in [0.5, 0.6) is 0 Å². The molecule has 0 N–H and O–H groups in total. The van der Waals surface area contributed by atoms with Crippen molar-refractivity contribution in [2.45, 2.75) is 83.3 Å². The van der Waals surface area contributed by atoms with Crippen LogP contribution in [0.25, 0.3) is 0 Å². The molecule has 0 heterocycles. The Bertz CT molecular complexity index is 170. The fourth-order valence-electron chi connectivity index (χ4n) is 2.82. The third kappa shape index (κ3) is 5.12. The first-order valence-electron chi connectivity index (χ1n) is 7.25. The standard InChI is InChI=1S/C9H18S.C6H12/c1-7-4-5-9(3,10)8(2)6-7;1-2-4-6-5-3-1/h7-8,10H,4-6H2,1-3H3;1-6H2. The largest absolute Gasteiger partial charge is 0.173 e. The molecule has 2 aliphatic rings. The fraction of sp³-hybridized carbons (Fsp3) is 1.00. The van der Waals surface area contributed by atoms with Crippen LogP contribution in [0, 0.1) is 11.8 Å². The van der Waals surface area contributed by atoms with Gasteiger partial charge in [0.05, 0.1) is 0 Å². The highest BCUT2D eigenvalue weighted by Gasteiger charge is 2.32. The molecule has 0 spiro atoms. The number of rotatable bonds is 0. The Morgan fingerprint density at radius 3 is 1.69 bits per heavy atom. The van der Waals surface area contributed by atoms with Crippen LogP contribution < -0.4 is 0 Å². The highest BCUT2D eigenvalue weighted by Crippen LogP contribution is 2.40. The fourth-order valence-corrected chi connectivity index (χ4v) is 3.06. The van der Waals surface area contributed by atoms with Gasteiger partial charge in [-0.1, -0.05) is 59.3 Å². The molecular formula is C15H30S. The van der Waals surface area contributed by atoms with E-state index >= 15 is 0 Å². The van der Waals surface area contributed by atoms with Crippen LogP contribution in [0.15, 0.2) is 0 Å². The zero-order chi connectivity index (χ0) is 12.0. The third-order valence-corrected chi connectivity index (χ3v) is 5.13. The first-order valence-corrected chi connectivity index (χ1v) is 7.69. The van der Waals surface area contributed by atoms with E-state index in [4.69, 9.17) is 0 Å². The van der Waals surface area contributed by atoms with E-state index in [0.717, 1.165) is 11.8 Å². The molecular weight excluding hydrogens is 212 g/mol. The van der Waals surface area contributed by atoms with E-state index in [-0.39, 0.29) is 0 Å². The molecule has 0 amide bonds. The van der Waals surface area contributed by atoms with E-state index in [1.807, 2.05) is 0 Å². The van der Waals surface area contributed by atoms with Crippen LogP contribution in [0.1, 0.15) is 78.6 Å². The molecule has 16 heavy (non-hydrogen) atoms. The summed E-state index contributed by atoms with van der Waals surface area (Å²) in [7, 11) is 0. The van der Waals surface area contributed by atoms with Crippen molar-refractivity contribution < 1.29 is 0 Å².